The van der Waals surface area contributed by atoms with E-state index < -0.39 is 0 Å². The Bertz CT molecular complexity index is 502. The van der Waals surface area contributed by atoms with E-state index in [1.165, 1.54) is 24.3 Å². The van der Waals surface area contributed by atoms with Crippen molar-refractivity contribution >= 4 is 16.3 Å². The van der Waals surface area contributed by atoms with Crippen molar-refractivity contribution in [2.75, 3.05) is 6.54 Å². The van der Waals surface area contributed by atoms with Gasteiger partial charge in [0.1, 0.15) is 5.01 Å². The third-order valence-electron chi connectivity index (χ3n) is 3.44. The van der Waals surface area contributed by atoms with Crippen LogP contribution in [0.25, 0.3) is 4.96 Å². The first kappa shape index (κ1) is 10.2. The summed E-state index contributed by atoms with van der Waals surface area (Å²) in [6, 6.07) is 0. The standard InChI is InChI=1S/C10H15N5S/c1-6-12-13-10-15(6)14-9(16-10)8-4-2-3-7(8)5-11/h7-8H,2-5,11H2,1H3. The minimum absolute atomic E-state index is 0.538. The van der Waals surface area contributed by atoms with Crippen LogP contribution in [0.2, 0.25) is 0 Å². The van der Waals surface area contributed by atoms with Gasteiger partial charge in [-0.05, 0) is 32.2 Å². The van der Waals surface area contributed by atoms with Crippen LogP contribution in [0.4, 0.5) is 0 Å². The van der Waals surface area contributed by atoms with Crippen LogP contribution in [-0.2, 0) is 0 Å². The van der Waals surface area contributed by atoms with E-state index in [1.54, 1.807) is 11.3 Å². The molecule has 0 spiro atoms. The molecule has 1 aliphatic rings. The lowest BCUT2D eigenvalue weighted by molar-refractivity contribution is 0.490. The van der Waals surface area contributed by atoms with E-state index in [1.807, 2.05) is 11.4 Å². The normalized spacial score (nSPS) is 25.6. The number of aryl methyl sites for hydroxylation is 1. The summed E-state index contributed by atoms with van der Waals surface area (Å²) >= 11 is 1.66. The molecule has 16 heavy (non-hydrogen) atoms. The zero-order valence-corrected chi connectivity index (χ0v) is 10.1. The Morgan fingerprint density at radius 2 is 2.31 bits per heavy atom. The van der Waals surface area contributed by atoms with Crippen LogP contribution in [0.3, 0.4) is 0 Å². The molecule has 2 unspecified atom stereocenters. The predicted octanol–water partition coefficient (Wildman–Crippen LogP) is 1.34. The smallest absolute Gasteiger partial charge is 0.234 e. The van der Waals surface area contributed by atoms with E-state index in [4.69, 9.17) is 5.73 Å². The summed E-state index contributed by atoms with van der Waals surface area (Å²) in [6.07, 6.45) is 3.72. The lowest BCUT2D eigenvalue weighted by atomic mass is 9.97. The molecular weight excluding hydrogens is 222 g/mol. The molecule has 0 radical (unpaired) electrons. The van der Waals surface area contributed by atoms with Gasteiger partial charge < -0.3 is 5.73 Å². The van der Waals surface area contributed by atoms with Crippen LogP contribution >= 0.6 is 11.3 Å². The quantitative estimate of drug-likeness (QED) is 0.855. The van der Waals surface area contributed by atoms with Crippen molar-refractivity contribution < 1.29 is 0 Å². The third-order valence-corrected chi connectivity index (χ3v) is 4.47. The second-order valence-corrected chi connectivity index (χ2v) is 5.40. The maximum Gasteiger partial charge on any atom is 0.234 e. The molecule has 1 fully saturated rings. The highest BCUT2D eigenvalue weighted by atomic mass is 32.1. The SMILES string of the molecule is Cc1nnc2sc(C3CCCC3CN)nn12. The summed E-state index contributed by atoms with van der Waals surface area (Å²) in [5, 5.41) is 13.9. The fourth-order valence-corrected chi connectivity index (χ4v) is 3.64. The lowest BCUT2D eigenvalue weighted by Crippen LogP contribution is -2.17. The maximum atomic E-state index is 5.80. The zero-order chi connectivity index (χ0) is 11.1. The van der Waals surface area contributed by atoms with Crippen molar-refractivity contribution in [3.63, 3.8) is 0 Å². The molecule has 2 atom stereocenters. The summed E-state index contributed by atoms with van der Waals surface area (Å²) in [6.45, 7) is 2.70. The molecule has 0 saturated heterocycles. The Kier molecular flexibility index (Phi) is 2.40. The van der Waals surface area contributed by atoms with Gasteiger partial charge in [0.2, 0.25) is 4.96 Å². The topological polar surface area (TPSA) is 69.1 Å². The number of nitrogens with two attached hydrogens (primary N) is 1. The summed E-state index contributed by atoms with van der Waals surface area (Å²) in [5.41, 5.74) is 5.80. The largest absolute Gasteiger partial charge is 0.330 e. The monoisotopic (exact) mass is 237 g/mol. The average Bonchev–Trinajstić information content (AvgIpc) is 2.95. The Morgan fingerprint density at radius 3 is 3.06 bits per heavy atom. The van der Waals surface area contributed by atoms with E-state index in [-0.39, 0.29) is 0 Å². The molecule has 2 heterocycles. The third kappa shape index (κ3) is 1.44. The Labute approximate surface area is 97.7 Å². The van der Waals surface area contributed by atoms with Crippen molar-refractivity contribution in [2.45, 2.75) is 32.1 Å². The van der Waals surface area contributed by atoms with Gasteiger partial charge in [-0.25, -0.2) is 0 Å². The highest BCUT2D eigenvalue weighted by molar-refractivity contribution is 7.16. The van der Waals surface area contributed by atoms with Gasteiger partial charge in [-0.2, -0.15) is 9.61 Å². The molecule has 1 aliphatic carbocycles. The van der Waals surface area contributed by atoms with E-state index in [2.05, 4.69) is 15.3 Å². The minimum atomic E-state index is 0.538. The summed E-state index contributed by atoms with van der Waals surface area (Å²) in [7, 11) is 0. The molecule has 1 saturated carbocycles. The molecule has 3 rings (SSSR count). The number of rotatable bonds is 2. The number of aromatic nitrogens is 4. The Hall–Kier alpha value is -1.01. The first-order valence-electron chi connectivity index (χ1n) is 5.68. The first-order valence-corrected chi connectivity index (χ1v) is 6.50. The summed E-state index contributed by atoms with van der Waals surface area (Å²) in [4.78, 5) is 0.898. The second-order valence-electron chi connectivity index (χ2n) is 4.42. The molecule has 5 nitrogen and oxygen atoms in total. The van der Waals surface area contributed by atoms with Crippen molar-refractivity contribution in [1.29, 1.82) is 0 Å². The highest BCUT2D eigenvalue weighted by Gasteiger charge is 2.30. The van der Waals surface area contributed by atoms with Crippen molar-refractivity contribution in [2.24, 2.45) is 11.7 Å². The van der Waals surface area contributed by atoms with Crippen molar-refractivity contribution in [1.82, 2.24) is 19.8 Å². The maximum absolute atomic E-state index is 5.80. The van der Waals surface area contributed by atoms with E-state index in [0.717, 1.165) is 17.3 Å². The van der Waals surface area contributed by atoms with Gasteiger partial charge in [0.05, 0.1) is 0 Å². The molecule has 86 valence electrons. The van der Waals surface area contributed by atoms with Gasteiger partial charge in [-0.3, -0.25) is 0 Å². The number of hydrogen-bond donors (Lipinski definition) is 1. The Balaban J connectivity index is 1.99. The Morgan fingerprint density at radius 1 is 1.44 bits per heavy atom. The molecule has 2 aromatic heterocycles. The van der Waals surface area contributed by atoms with Crippen LogP contribution in [0.15, 0.2) is 0 Å². The van der Waals surface area contributed by atoms with Crippen LogP contribution in [0.1, 0.15) is 36.0 Å². The van der Waals surface area contributed by atoms with Gasteiger partial charge >= 0.3 is 0 Å². The number of fused-ring (bicyclic) bond motifs is 1. The zero-order valence-electron chi connectivity index (χ0n) is 9.26. The van der Waals surface area contributed by atoms with Crippen LogP contribution in [-0.4, -0.2) is 26.4 Å². The second kappa shape index (κ2) is 3.78. The predicted molar refractivity (Wildman–Crippen MR) is 62.5 cm³/mol. The van der Waals surface area contributed by atoms with Crippen molar-refractivity contribution in [3.8, 4) is 0 Å². The van der Waals surface area contributed by atoms with Crippen LogP contribution < -0.4 is 5.73 Å². The van der Waals surface area contributed by atoms with Crippen LogP contribution in [0, 0.1) is 12.8 Å². The minimum Gasteiger partial charge on any atom is -0.330 e. The molecular formula is C10H15N5S. The molecule has 2 aromatic rings. The fraction of sp³-hybridized carbons (Fsp3) is 0.700. The fourth-order valence-electron chi connectivity index (χ4n) is 2.52. The highest BCUT2D eigenvalue weighted by Crippen LogP contribution is 2.40. The van der Waals surface area contributed by atoms with Gasteiger partial charge in [-0.15, -0.1) is 10.2 Å². The molecule has 0 bridgehead atoms. The van der Waals surface area contributed by atoms with E-state index in [0.29, 0.717) is 11.8 Å². The first-order chi connectivity index (χ1) is 7.79. The summed E-state index contributed by atoms with van der Waals surface area (Å²) < 4.78 is 1.84. The molecule has 0 aliphatic heterocycles. The molecule has 6 heteroatoms. The lowest BCUT2D eigenvalue weighted by Gasteiger charge is -2.13. The van der Waals surface area contributed by atoms with E-state index in [9.17, 15) is 0 Å². The van der Waals surface area contributed by atoms with Gasteiger partial charge in [0.15, 0.2) is 5.82 Å². The number of hydrogen-bond acceptors (Lipinski definition) is 5. The van der Waals surface area contributed by atoms with Crippen LogP contribution in [0.5, 0.6) is 0 Å². The average molecular weight is 237 g/mol. The molecule has 0 amide bonds. The van der Waals surface area contributed by atoms with Crippen molar-refractivity contribution in [3.05, 3.63) is 10.8 Å². The molecule has 0 aromatic carbocycles. The number of nitrogens with zero attached hydrogens (tertiary/aromatic N) is 4. The summed E-state index contributed by atoms with van der Waals surface area (Å²) in [5.74, 6) is 2.00. The van der Waals surface area contributed by atoms with Gasteiger partial charge in [0, 0.05) is 5.92 Å². The van der Waals surface area contributed by atoms with Gasteiger partial charge in [0.25, 0.3) is 0 Å². The van der Waals surface area contributed by atoms with Gasteiger partial charge in [-0.1, -0.05) is 17.8 Å². The molecule has 2 N–H and O–H groups in total. The van der Waals surface area contributed by atoms with E-state index >= 15 is 0 Å².